The zero-order chi connectivity index (χ0) is 27.2. The Bertz CT molecular complexity index is 1160. The first-order chi connectivity index (χ1) is 19.0. The molecule has 2 heterocycles. The molecule has 3 aliphatic rings. The Morgan fingerprint density at radius 3 is 2.38 bits per heavy atom. The van der Waals surface area contributed by atoms with Crippen LogP contribution in [0.15, 0.2) is 36.4 Å². The highest BCUT2D eigenvalue weighted by atomic mass is 16.3. The van der Waals surface area contributed by atoms with E-state index in [-0.39, 0.29) is 29.5 Å². The SMILES string of the molecule is O=C(N[C@@H](CC1CCCCC1)C(=O)N1CCC[C@H]1C(O)C(=O)NC1CCCCC1)c1ccc2ccccc2n1. The van der Waals surface area contributed by atoms with Gasteiger partial charge in [-0.05, 0) is 50.2 Å². The largest absolute Gasteiger partial charge is 0.381 e. The van der Waals surface area contributed by atoms with Crippen LogP contribution in [0, 0.1) is 5.92 Å². The maximum absolute atomic E-state index is 14.0. The lowest BCUT2D eigenvalue weighted by Crippen LogP contribution is -2.56. The van der Waals surface area contributed by atoms with Gasteiger partial charge in [0.2, 0.25) is 5.91 Å². The number of nitrogens with one attached hydrogen (secondary N) is 2. The molecular weight excluding hydrogens is 492 g/mol. The van der Waals surface area contributed by atoms with Crippen molar-refractivity contribution in [1.82, 2.24) is 20.5 Å². The first-order valence-corrected chi connectivity index (χ1v) is 14.9. The average molecular weight is 535 g/mol. The van der Waals surface area contributed by atoms with Crippen molar-refractivity contribution < 1.29 is 19.5 Å². The molecule has 0 bridgehead atoms. The predicted octanol–water partition coefficient (Wildman–Crippen LogP) is 4.10. The van der Waals surface area contributed by atoms with Gasteiger partial charge in [0, 0.05) is 18.0 Å². The number of amides is 3. The molecule has 2 aromatic rings. The van der Waals surface area contributed by atoms with Crippen molar-refractivity contribution in [1.29, 1.82) is 0 Å². The lowest BCUT2D eigenvalue weighted by atomic mass is 9.84. The third-order valence-electron chi connectivity index (χ3n) is 8.90. The number of likely N-dealkylation sites (tertiary alicyclic amines) is 1. The molecule has 39 heavy (non-hydrogen) atoms. The van der Waals surface area contributed by atoms with E-state index in [1.807, 2.05) is 30.3 Å². The minimum absolute atomic E-state index is 0.0965. The van der Waals surface area contributed by atoms with E-state index in [1.165, 1.54) is 12.8 Å². The van der Waals surface area contributed by atoms with Crippen molar-refractivity contribution in [3.8, 4) is 0 Å². The molecule has 1 aromatic heterocycles. The van der Waals surface area contributed by atoms with Crippen LogP contribution in [-0.4, -0.2) is 63.5 Å². The Morgan fingerprint density at radius 2 is 1.62 bits per heavy atom. The van der Waals surface area contributed by atoms with Crippen LogP contribution in [0.5, 0.6) is 0 Å². The van der Waals surface area contributed by atoms with Crippen LogP contribution >= 0.6 is 0 Å². The Labute approximate surface area is 230 Å². The van der Waals surface area contributed by atoms with Gasteiger partial charge in [-0.1, -0.05) is 75.6 Å². The van der Waals surface area contributed by atoms with Crippen LogP contribution in [0.25, 0.3) is 10.9 Å². The molecule has 1 aliphatic heterocycles. The zero-order valence-corrected chi connectivity index (χ0v) is 22.8. The third kappa shape index (κ3) is 6.78. The van der Waals surface area contributed by atoms with Crippen LogP contribution in [0.4, 0.5) is 0 Å². The summed E-state index contributed by atoms with van der Waals surface area (Å²) in [5.74, 6) is -0.610. The van der Waals surface area contributed by atoms with Gasteiger partial charge in [0.15, 0.2) is 6.10 Å². The second kappa shape index (κ2) is 12.9. The van der Waals surface area contributed by atoms with E-state index < -0.39 is 18.2 Å². The third-order valence-corrected chi connectivity index (χ3v) is 8.90. The Balaban J connectivity index is 1.30. The summed E-state index contributed by atoms with van der Waals surface area (Å²) in [6.45, 7) is 0.475. The number of rotatable bonds is 8. The van der Waals surface area contributed by atoms with Gasteiger partial charge < -0.3 is 20.6 Å². The summed E-state index contributed by atoms with van der Waals surface area (Å²) in [5, 5.41) is 18.0. The van der Waals surface area contributed by atoms with Crippen molar-refractivity contribution in [3.63, 3.8) is 0 Å². The topological polar surface area (TPSA) is 112 Å². The van der Waals surface area contributed by atoms with Gasteiger partial charge >= 0.3 is 0 Å². The van der Waals surface area contributed by atoms with Crippen molar-refractivity contribution in [3.05, 3.63) is 42.1 Å². The van der Waals surface area contributed by atoms with Crippen molar-refractivity contribution in [2.24, 2.45) is 5.92 Å². The minimum Gasteiger partial charge on any atom is -0.381 e. The molecule has 210 valence electrons. The molecule has 2 aliphatic carbocycles. The highest BCUT2D eigenvalue weighted by Crippen LogP contribution is 2.30. The van der Waals surface area contributed by atoms with Crippen LogP contribution in [0.2, 0.25) is 0 Å². The molecular formula is C31H42N4O4. The Kier molecular flexibility index (Phi) is 9.12. The van der Waals surface area contributed by atoms with Gasteiger partial charge in [0.1, 0.15) is 11.7 Å². The number of aliphatic hydroxyl groups excluding tert-OH is 1. The summed E-state index contributed by atoms with van der Waals surface area (Å²) >= 11 is 0. The summed E-state index contributed by atoms with van der Waals surface area (Å²) in [7, 11) is 0. The van der Waals surface area contributed by atoms with Crippen LogP contribution in [0.1, 0.15) is 94.0 Å². The normalized spacial score (nSPS) is 22.4. The number of para-hydroxylation sites is 1. The highest BCUT2D eigenvalue weighted by Gasteiger charge is 2.41. The van der Waals surface area contributed by atoms with Gasteiger partial charge in [0.25, 0.3) is 11.8 Å². The lowest BCUT2D eigenvalue weighted by molar-refractivity contribution is -0.141. The number of pyridine rings is 1. The van der Waals surface area contributed by atoms with Crippen LogP contribution < -0.4 is 10.6 Å². The minimum atomic E-state index is -1.27. The van der Waals surface area contributed by atoms with Crippen molar-refractivity contribution >= 4 is 28.6 Å². The van der Waals surface area contributed by atoms with E-state index in [9.17, 15) is 19.5 Å². The first-order valence-electron chi connectivity index (χ1n) is 14.9. The molecule has 3 fully saturated rings. The molecule has 8 nitrogen and oxygen atoms in total. The second-order valence-corrected chi connectivity index (χ2v) is 11.7. The van der Waals surface area contributed by atoms with Gasteiger partial charge in [-0.3, -0.25) is 14.4 Å². The number of nitrogens with zero attached hydrogens (tertiary/aromatic N) is 2. The quantitative estimate of drug-likeness (QED) is 0.472. The average Bonchev–Trinajstić information content (AvgIpc) is 3.47. The molecule has 0 spiro atoms. The summed E-state index contributed by atoms with van der Waals surface area (Å²) in [6, 6.07) is 9.99. The molecule has 0 radical (unpaired) electrons. The first kappa shape index (κ1) is 27.6. The van der Waals surface area contributed by atoms with E-state index in [1.54, 1.807) is 11.0 Å². The number of fused-ring (bicyclic) bond motifs is 1. The number of aromatic nitrogens is 1. The number of carbonyl (C=O) groups is 3. The molecule has 3 N–H and O–H groups in total. The highest BCUT2D eigenvalue weighted by molar-refractivity contribution is 5.98. The Morgan fingerprint density at radius 1 is 0.897 bits per heavy atom. The van der Waals surface area contributed by atoms with Gasteiger partial charge in [0.05, 0.1) is 11.6 Å². The molecule has 1 saturated heterocycles. The van der Waals surface area contributed by atoms with E-state index in [0.29, 0.717) is 25.3 Å². The molecule has 1 unspecified atom stereocenters. The Hall–Kier alpha value is -3.00. The lowest BCUT2D eigenvalue weighted by Gasteiger charge is -2.34. The fraction of sp³-hybridized carbons (Fsp3) is 0.613. The molecule has 3 amide bonds. The fourth-order valence-electron chi connectivity index (χ4n) is 6.71. The van der Waals surface area contributed by atoms with E-state index in [4.69, 9.17) is 0 Å². The predicted molar refractivity (Wildman–Crippen MR) is 150 cm³/mol. The van der Waals surface area contributed by atoms with Gasteiger partial charge in [-0.15, -0.1) is 0 Å². The monoisotopic (exact) mass is 534 g/mol. The standard InChI is InChI=1S/C31H42N4O4/c36-28(30(38)32-23-13-5-2-6-14-23)27-16-9-19-35(27)31(39)26(20-21-10-3-1-4-11-21)34-29(37)25-18-17-22-12-7-8-15-24(22)33-25/h7-8,12,15,17-18,21,23,26-28,36H,1-6,9-11,13-14,16,19-20H2,(H,32,38)(H,34,37)/t26-,27-,28?/m0/s1. The van der Waals surface area contributed by atoms with Crippen molar-refractivity contribution in [2.45, 2.75) is 108 Å². The van der Waals surface area contributed by atoms with E-state index in [0.717, 1.165) is 68.7 Å². The smallest absolute Gasteiger partial charge is 0.270 e. The fourth-order valence-corrected chi connectivity index (χ4v) is 6.71. The number of hydrogen-bond acceptors (Lipinski definition) is 5. The molecule has 8 heteroatoms. The zero-order valence-electron chi connectivity index (χ0n) is 22.8. The van der Waals surface area contributed by atoms with Crippen LogP contribution in [0.3, 0.4) is 0 Å². The number of aliphatic hydroxyl groups is 1. The van der Waals surface area contributed by atoms with Gasteiger partial charge in [-0.25, -0.2) is 4.98 Å². The summed E-state index contributed by atoms with van der Waals surface area (Å²) < 4.78 is 0. The molecule has 5 rings (SSSR count). The number of hydrogen-bond donors (Lipinski definition) is 3. The van der Waals surface area contributed by atoms with E-state index >= 15 is 0 Å². The molecule has 1 aromatic carbocycles. The van der Waals surface area contributed by atoms with Gasteiger partial charge in [-0.2, -0.15) is 0 Å². The van der Waals surface area contributed by atoms with Crippen LogP contribution in [-0.2, 0) is 9.59 Å². The van der Waals surface area contributed by atoms with Crippen molar-refractivity contribution in [2.75, 3.05) is 6.54 Å². The summed E-state index contributed by atoms with van der Waals surface area (Å²) in [5.41, 5.74) is 1.01. The maximum Gasteiger partial charge on any atom is 0.270 e. The number of carbonyl (C=O) groups excluding carboxylic acids is 3. The number of benzene rings is 1. The maximum atomic E-state index is 14.0. The summed E-state index contributed by atoms with van der Waals surface area (Å²) in [6.07, 6.45) is 11.4. The summed E-state index contributed by atoms with van der Waals surface area (Å²) in [4.78, 5) is 46.4. The second-order valence-electron chi connectivity index (χ2n) is 11.7. The van der Waals surface area contributed by atoms with E-state index in [2.05, 4.69) is 15.6 Å². The molecule has 3 atom stereocenters. The molecule has 2 saturated carbocycles.